The third kappa shape index (κ3) is 5.31. The van der Waals surface area contributed by atoms with Crippen molar-refractivity contribution >= 4 is 23.4 Å². The second-order valence-corrected chi connectivity index (χ2v) is 6.73. The largest absolute Gasteiger partial charge is 0.372 e. The standard InChI is InChI=1S/C20H23ClN2O3/c1-14-7-9-15(10-8-14)12-22-18(24)19(25)23-13-20(2,26-3)16-5-4-6-17(21)11-16/h4-11H,12-13H2,1-3H3,(H,22,24)(H,23,25). The number of hydrogen-bond acceptors (Lipinski definition) is 3. The van der Waals surface area contributed by atoms with Gasteiger partial charge in [0.2, 0.25) is 0 Å². The highest BCUT2D eigenvalue weighted by Gasteiger charge is 2.28. The number of carbonyl (C=O) groups excluding carboxylic acids is 2. The first kappa shape index (κ1) is 19.9. The lowest BCUT2D eigenvalue weighted by molar-refractivity contribution is -0.140. The van der Waals surface area contributed by atoms with E-state index in [0.29, 0.717) is 11.6 Å². The SMILES string of the molecule is COC(C)(CNC(=O)C(=O)NCc1ccc(C)cc1)c1cccc(Cl)c1. The summed E-state index contributed by atoms with van der Waals surface area (Å²) in [5.41, 5.74) is 2.08. The summed E-state index contributed by atoms with van der Waals surface area (Å²) >= 11 is 6.02. The van der Waals surface area contributed by atoms with Crippen molar-refractivity contribution in [3.8, 4) is 0 Å². The van der Waals surface area contributed by atoms with Crippen LogP contribution in [-0.2, 0) is 26.5 Å². The van der Waals surface area contributed by atoms with E-state index in [1.165, 1.54) is 0 Å². The molecule has 0 aliphatic heterocycles. The molecule has 0 saturated carbocycles. The molecular formula is C20H23ClN2O3. The zero-order chi connectivity index (χ0) is 19.2. The Bertz CT molecular complexity index is 777. The van der Waals surface area contributed by atoms with Crippen LogP contribution in [0.5, 0.6) is 0 Å². The molecule has 26 heavy (non-hydrogen) atoms. The number of amides is 2. The number of methoxy groups -OCH3 is 1. The van der Waals surface area contributed by atoms with Gasteiger partial charge in [-0.25, -0.2) is 0 Å². The zero-order valence-corrected chi connectivity index (χ0v) is 15.9. The summed E-state index contributed by atoms with van der Waals surface area (Å²) in [6.07, 6.45) is 0. The van der Waals surface area contributed by atoms with E-state index in [1.807, 2.05) is 50.2 Å². The van der Waals surface area contributed by atoms with E-state index >= 15 is 0 Å². The maximum absolute atomic E-state index is 12.1. The molecule has 0 fully saturated rings. The molecule has 0 bridgehead atoms. The van der Waals surface area contributed by atoms with Crippen molar-refractivity contribution in [2.24, 2.45) is 0 Å². The molecule has 0 saturated heterocycles. The average molecular weight is 375 g/mol. The Morgan fingerprint density at radius 2 is 1.73 bits per heavy atom. The third-order valence-corrected chi connectivity index (χ3v) is 4.49. The molecule has 0 radical (unpaired) electrons. The fraction of sp³-hybridized carbons (Fsp3) is 0.300. The number of aryl methyl sites for hydroxylation is 1. The van der Waals surface area contributed by atoms with E-state index < -0.39 is 17.4 Å². The zero-order valence-electron chi connectivity index (χ0n) is 15.1. The van der Waals surface area contributed by atoms with Gasteiger partial charge in [-0.3, -0.25) is 9.59 Å². The van der Waals surface area contributed by atoms with Crippen LogP contribution in [0.25, 0.3) is 0 Å². The van der Waals surface area contributed by atoms with Crippen LogP contribution in [0.4, 0.5) is 0 Å². The highest BCUT2D eigenvalue weighted by Crippen LogP contribution is 2.26. The number of benzene rings is 2. The monoisotopic (exact) mass is 374 g/mol. The molecule has 0 aromatic heterocycles. The molecule has 138 valence electrons. The molecular weight excluding hydrogens is 352 g/mol. The first-order valence-electron chi connectivity index (χ1n) is 8.27. The van der Waals surface area contributed by atoms with Crippen LogP contribution in [0.2, 0.25) is 5.02 Å². The first-order valence-corrected chi connectivity index (χ1v) is 8.64. The highest BCUT2D eigenvalue weighted by molar-refractivity contribution is 6.35. The maximum Gasteiger partial charge on any atom is 0.309 e. The molecule has 2 N–H and O–H groups in total. The number of carbonyl (C=O) groups is 2. The topological polar surface area (TPSA) is 67.4 Å². The van der Waals surface area contributed by atoms with Gasteiger partial charge in [0.1, 0.15) is 5.60 Å². The van der Waals surface area contributed by atoms with Crippen molar-refractivity contribution in [2.45, 2.75) is 26.0 Å². The second-order valence-electron chi connectivity index (χ2n) is 6.30. The van der Waals surface area contributed by atoms with E-state index in [-0.39, 0.29) is 6.54 Å². The fourth-order valence-corrected chi connectivity index (χ4v) is 2.60. The fourth-order valence-electron chi connectivity index (χ4n) is 2.41. The minimum atomic E-state index is -0.794. The van der Waals surface area contributed by atoms with E-state index in [1.54, 1.807) is 19.2 Å². The molecule has 0 spiro atoms. The Hall–Kier alpha value is -2.37. The van der Waals surface area contributed by atoms with Gasteiger partial charge in [-0.2, -0.15) is 0 Å². The van der Waals surface area contributed by atoms with Gasteiger partial charge in [0.05, 0.1) is 6.54 Å². The molecule has 2 aromatic carbocycles. The van der Waals surface area contributed by atoms with Crippen molar-refractivity contribution in [3.63, 3.8) is 0 Å². The van der Waals surface area contributed by atoms with Crippen LogP contribution in [-0.4, -0.2) is 25.5 Å². The molecule has 0 aliphatic rings. The van der Waals surface area contributed by atoms with Crippen LogP contribution in [0.1, 0.15) is 23.6 Å². The molecule has 0 heterocycles. The second kappa shape index (κ2) is 8.83. The molecule has 0 aliphatic carbocycles. The number of rotatable bonds is 6. The Balaban J connectivity index is 1.91. The summed E-state index contributed by atoms with van der Waals surface area (Å²) < 4.78 is 5.54. The number of nitrogens with one attached hydrogen (secondary N) is 2. The van der Waals surface area contributed by atoms with Gasteiger partial charge in [-0.15, -0.1) is 0 Å². The lowest BCUT2D eigenvalue weighted by Crippen LogP contribution is -2.45. The van der Waals surface area contributed by atoms with E-state index in [9.17, 15) is 9.59 Å². The predicted octanol–water partition coefficient (Wildman–Crippen LogP) is 2.94. The lowest BCUT2D eigenvalue weighted by Gasteiger charge is -2.29. The van der Waals surface area contributed by atoms with Crippen LogP contribution in [0.15, 0.2) is 48.5 Å². The molecule has 2 rings (SSSR count). The third-order valence-electron chi connectivity index (χ3n) is 4.25. The van der Waals surface area contributed by atoms with Crippen molar-refractivity contribution in [1.82, 2.24) is 10.6 Å². The number of halogens is 1. The molecule has 1 unspecified atom stereocenters. The van der Waals surface area contributed by atoms with E-state index in [2.05, 4.69) is 10.6 Å². The van der Waals surface area contributed by atoms with Crippen molar-refractivity contribution < 1.29 is 14.3 Å². The highest BCUT2D eigenvalue weighted by atomic mass is 35.5. The van der Waals surface area contributed by atoms with Crippen LogP contribution in [0, 0.1) is 6.92 Å². The van der Waals surface area contributed by atoms with Crippen LogP contribution in [0.3, 0.4) is 0 Å². The molecule has 2 aromatic rings. The van der Waals surface area contributed by atoms with Gasteiger partial charge in [-0.1, -0.05) is 53.6 Å². The summed E-state index contributed by atoms with van der Waals surface area (Å²) in [7, 11) is 1.55. The summed E-state index contributed by atoms with van der Waals surface area (Å²) in [5.74, 6) is -1.39. The van der Waals surface area contributed by atoms with Gasteiger partial charge >= 0.3 is 11.8 Å². The van der Waals surface area contributed by atoms with Gasteiger partial charge in [0.15, 0.2) is 0 Å². The predicted molar refractivity (Wildman–Crippen MR) is 102 cm³/mol. The van der Waals surface area contributed by atoms with E-state index in [4.69, 9.17) is 16.3 Å². The Kier molecular flexibility index (Phi) is 6.77. The molecule has 5 nitrogen and oxygen atoms in total. The summed E-state index contributed by atoms with van der Waals surface area (Å²) in [6.45, 7) is 4.24. The minimum Gasteiger partial charge on any atom is -0.372 e. The quantitative estimate of drug-likeness (QED) is 0.764. The van der Waals surface area contributed by atoms with Crippen molar-refractivity contribution in [3.05, 3.63) is 70.2 Å². The summed E-state index contributed by atoms with van der Waals surface area (Å²) in [6, 6.07) is 14.9. The van der Waals surface area contributed by atoms with Gasteiger partial charge in [0, 0.05) is 18.7 Å². The van der Waals surface area contributed by atoms with Crippen LogP contribution >= 0.6 is 11.6 Å². The number of ether oxygens (including phenoxy) is 1. The first-order chi connectivity index (χ1) is 12.3. The smallest absolute Gasteiger partial charge is 0.309 e. The van der Waals surface area contributed by atoms with Crippen molar-refractivity contribution in [2.75, 3.05) is 13.7 Å². The van der Waals surface area contributed by atoms with Gasteiger partial charge in [0.25, 0.3) is 0 Å². The normalized spacial score (nSPS) is 12.9. The Labute approximate surface area is 158 Å². The van der Waals surface area contributed by atoms with E-state index in [0.717, 1.165) is 16.7 Å². The summed E-state index contributed by atoms with van der Waals surface area (Å²) in [5, 5.41) is 5.80. The van der Waals surface area contributed by atoms with Gasteiger partial charge < -0.3 is 15.4 Å². The molecule has 6 heteroatoms. The Morgan fingerprint density at radius 3 is 2.35 bits per heavy atom. The van der Waals surface area contributed by atoms with Crippen LogP contribution < -0.4 is 10.6 Å². The van der Waals surface area contributed by atoms with Crippen molar-refractivity contribution in [1.29, 1.82) is 0 Å². The Morgan fingerprint density at radius 1 is 1.08 bits per heavy atom. The minimum absolute atomic E-state index is 0.140. The molecule has 1 atom stereocenters. The lowest BCUT2D eigenvalue weighted by atomic mass is 9.95. The number of hydrogen-bond donors (Lipinski definition) is 2. The van der Waals surface area contributed by atoms with Gasteiger partial charge in [-0.05, 0) is 37.1 Å². The summed E-state index contributed by atoms with van der Waals surface area (Å²) in [4.78, 5) is 24.1. The molecule has 2 amide bonds. The maximum atomic E-state index is 12.1. The average Bonchev–Trinajstić information content (AvgIpc) is 2.65.